The summed E-state index contributed by atoms with van der Waals surface area (Å²) in [5, 5.41) is 10.3. The van der Waals surface area contributed by atoms with E-state index in [-0.39, 0.29) is 37.4 Å². The van der Waals surface area contributed by atoms with E-state index in [1.807, 2.05) is 13.0 Å². The van der Waals surface area contributed by atoms with Gasteiger partial charge in [0.05, 0.1) is 29.8 Å². The summed E-state index contributed by atoms with van der Waals surface area (Å²) in [7, 11) is -5.70. The minimum Gasteiger partial charge on any atom is -0.493 e. The van der Waals surface area contributed by atoms with Gasteiger partial charge in [0.1, 0.15) is 12.4 Å². The van der Waals surface area contributed by atoms with Crippen LogP contribution < -0.4 is 14.2 Å². The zero-order valence-corrected chi connectivity index (χ0v) is 14.0. The molecular formula is C21H28O4. The predicted octanol–water partition coefficient (Wildman–Crippen LogP) is 4.16. The third kappa shape index (κ3) is 6.31. The molecule has 4 nitrogen and oxygen atoms in total. The SMILES string of the molecule is [2H]C([2H])(CCC([2H])(O)COc1cccc(C)c1)Cc1ccc(OC([2H])([2H])[2H])c(OC([2H])([2H])[2H])c1. The number of hydrogen-bond acceptors (Lipinski definition) is 4. The summed E-state index contributed by atoms with van der Waals surface area (Å²) < 4.78 is 83.1. The molecular weight excluding hydrogens is 316 g/mol. The highest BCUT2D eigenvalue weighted by molar-refractivity contribution is 5.42. The van der Waals surface area contributed by atoms with Gasteiger partial charge >= 0.3 is 0 Å². The Labute approximate surface area is 163 Å². The van der Waals surface area contributed by atoms with Crippen molar-refractivity contribution in [3.05, 3.63) is 53.6 Å². The van der Waals surface area contributed by atoms with Crippen molar-refractivity contribution in [1.82, 2.24) is 0 Å². The lowest BCUT2D eigenvalue weighted by molar-refractivity contribution is 0.0976. The first-order valence-corrected chi connectivity index (χ1v) is 7.86. The van der Waals surface area contributed by atoms with Crippen LogP contribution in [0, 0.1) is 6.92 Å². The highest BCUT2D eigenvalue weighted by Crippen LogP contribution is 2.28. The van der Waals surface area contributed by atoms with Crippen LogP contribution in [0.4, 0.5) is 0 Å². The first kappa shape index (κ1) is 10.1. The van der Waals surface area contributed by atoms with Crippen molar-refractivity contribution < 1.29 is 31.7 Å². The molecule has 1 unspecified atom stereocenters. The van der Waals surface area contributed by atoms with Crippen molar-refractivity contribution in [2.45, 2.75) is 38.6 Å². The van der Waals surface area contributed by atoms with Crippen LogP contribution in [-0.4, -0.2) is 31.9 Å². The van der Waals surface area contributed by atoms with E-state index in [4.69, 9.17) is 26.5 Å². The predicted molar refractivity (Wildman–Crippen MR) is 99.8 cm³/mol. The van der Waals surface area contributed by atoms with Gasteiger partial charge in [0.2, 0.25) is 0 Å². The summed E-state index contributed by atoms with van der Waals surface area (Å²) in [6.07, 6.45) is -4.50. The fraction of sp³-hybridized carbons (Fsp3) is 0.429. The maximum atomic E-state index is 10.3. The fourth-order valence-corrected chi connectivity index (χ4v) is 2.24. The van der Waals surface area contributed by atoms with Gasteiger partial charge in [-0.1, -0.05) is 24.6 Å². The molecule has 4 heteroatoms. The molecule has 136 valence electrons. The van der Waals surface area contributed by atoms with Gasteiger partial charge < -0.3 is 19.3 Å². The molecule has 2 rings (SSSR count). The Morgan fingerprint density at radius 2 is 2.00 bits per heavy atom. The van der Waals surface area contributed by atoms with Crippen LogP contribution in [0.3, 0.4) is 0 Å². The van der Waals surface area contributed by atoms with Gasteiger partial charge in [0.15, 0.2) is 11.5 Å². The molecule has 0 aliphatic heterocycles. The molecule has 1 N–H and O–H groups in total. The van der Waals surface area contributed by atoms with Gasteiger partial charge in [0, 0.05) is 2.74 Å². The summed E-state index contributed by atoms with van der Waals surface area (Å²) in [5.41, 5.74) is 1.28. The molecule has 0 aliphatic rings. The number of methoxy groups -OCH3 is 2. The average molecular weight is 354 g/mol. The van der Waals surface area contributed by atoms with Crippen molar-refractivity contribution in [2.24, 2.45) is 0 Å². The van der Waals surface area contributed by atoms with E-state index in [1.165, 1.54) is 18.2 Å². The molecule has 0 amide bonds. The second kappa shape index (κ2) is 9.94. The number of rotatable bonds is 10. The quantitative estimate of drug-likeness (QED) is 0.696. The van der Waals surface area contributed by atoms with E-state index in [1.54, 1.807) is 18.2 Å². The summed E-state index contributed by atoms with van der Waals surface area (Å²) in [5.74, 6) is -0.169. The van der Waals surface area contributed by atoms with Crippen molar-refractivity contribution in [3.8, 4) is 17.2 Å². The second-order valence-electron chi connectivity index (χ2n) is 5.58. The lowest BCUT2D eigenvalue weighted by atomic mass is 10.0. The Hall–Kier alpha value is -2.20. The summed E-state index contributed by atoms with van der Waals surface area (Å²) in [4.78, 5) is 0. The van der Waals surface area contributed by atoms with E-state index in [0.29, 0.717) is 11.3 Å². The Morgan fingerprint density at radius 3 is 2.80 bits per heavy atom. The van der Waals surface area contributed by atoms with Gasteiger partial charge in [0.25, 0.3) is 0 Å². The van der Waals surface area contributed by atoms with Gasteiger partial charge in [-0.05, 0) is 61.5 Å². The first-order valence-electron chi connectivity index (χ1n) is 12.4. The van der Waals surface area contributed by atoms with Crippen LogP contribution in [0.15, 0.2) is 42.5 Å². The third-order valence-electron chi connectivity index (χ3n) is 3.54. The maximum Gasteiger partial charge on any atom is 0.160 e. The van der Waals surface area contributed by atoms with Crippen LogP contribution >= 0.6 is 0 Å². The Morgan fingerprint density at radius 1 is 1.16 bits per heavy atom. The minimum absolute atomic E-state index is 0.187. The molecule has 0 saturated heterocycles. The number of aryl methyl sites for hydroxylation is 2. The Balaban J connectivity index is 2.05. The number of aliphatic hydroxyl groups is 1. The smallest absolute Gasteiger partial charge is 0.160 e. The average Bonchev–Trinajstić information content (AvgIpc) is 2.65. The zero-order valence-electron chi connectivity index (χ0n) is 23.0. The summed E-state index contributed by atoms with van der Waals surface area (Å²) in [6, 6.07) is 10.9. The highest BCUT2D eigenvalue weighted by Gasteiger charge is 2.07. The third-order valence-corrected chi connectivity index (χ3v) is 3.54. The van der Waals surface area contributed by atoms with Gasteiger partial charge in [-0.25, -0.2) is 0 Å². The monoisotopic (exact) mass is 353 g/mol. The van der Waals surface area contributed by atoms with Crippen LogP contribution in [0.1, 0.15) is 42.7 Å². The Bertz CT molecular complexity index is 956. The van der Waals surface area contributed by atoms with E-state index in [2.05, 4.69) is 0 Å². The number of benzene rings is 2. The van der Waals surface area contributed by atoms with Crippen molar-refractivity contribution in [3.63, 3.8) is 0 Å². The molecule has 2 aromatic rings. The van der Waals surface area contributed by atoms with Crippen LogP contribution in [0.2, 0.25) is 0 Å². The first-order chi connectivity index (χ1) is 15.4. The molecule has 0 aromatic heterocycles. The number of ether oxygens (including phenoxy) is 3. The fourth-order valence-electron chi connectivity index (χ4n) is 2.24. The largest absolute Gasteiger partial charge is 0.493 e. The molecule has 0 fully saturated rings. The van der Waals surface area contributed by atoms with Gasteiger partial charge in [-0.3, -0.25) is 0 Å². The number of hydrogen-bond donors (Lipinski definition) is 1. The van der Waals surface area contributed by atoms with Crippen molar-refractivity contribution >= 4 is 0 Å². The molecule has 25 heavy (non-hydrogen) atoms. The molecule has 1 atom stereocenters. The standard InChI is InChI=1S/C21H28O4/c1-16-7-6-10-19(13-16)25-15-18(22)9-5-4-8-17-11-12-20(23-2)21(14-17)24-3/h6-7,10-14,18,22H,4-5,8-9,15H2,1-3H3/i2D3,3D3,4D2,18D. The summed E-state index contributed by atoms with van der Waals surface area (Å²) >= 11 is 0. The molecule has 2 aromatic carbocycles. The van der Waals surface area contributed by atoms with Crippen LogP contribution in [0.5, 0.6) is 17.2 Å². The lowest BCUT2D eigenvalue weighted by Gasteiger charge is -2.13. The molecule has 0 bridgehead atoms. The van der Waals surface area contributed by atoms with Gasteiger partial charge in [-0.15, -0.1) is 0 Å². The molecule has 0 aliphatic carbocycles. The highest BCUT2D eigenvalue weighted by atomic mass is 16.5. The van der Waals surface area contributed by atoms with Gasteiger partial charge in [-0.2, -0.15) is 0 Å². The van der Waals surface area contributed by atoms with Crippen LogP contribution in [-0.2, 0) is 6.42 Å². The molecule has 0 saturated carbocycles. The van der Waals surface area contributed by atoms with E-state index >= 15 is 0 Å². The molecule has 0 heterocycles. The minimum atomic E-state index is -2.87. The lowest BCUT2D eigenvalue weighted by Crippen LogP contribution is -2.17. The van der Waals surface area contributed by atoms with E-state index in [0.717, 1.165) is 5.56 Å². The normalized spacial score (nSPS) is 20.0. The topological polar surface area (TPSA) is 47.9 Å². The van der Waals surface area contributed by atoms with Crippen molar-refractivity contribution in [1.29, 1.82) is 0 Å². The van der Waals surface area contributed by atoms with E-state index in [9.17, 15) is 5.11 Å². The second-order valence-corrected chi connectivity index (χ2v) is 5.58. The van der Waals surface area contributed by atoms with Crippen LogP contribution in [0.25, 0.3) is 0 Å². The molecule has 0 radical (unpaired) electrons. The van der Waals surface area contributed by atoms with E-state index < -0.39 is 26.5 Å². The summed E-state index contributed by atoms with van der Waals surface area (Å²) in [6.45, 7) is 1.54. The Kier molecular flexibility index (Phi) is 4.01. The maximum absolute atomic E-state index is 10.3. The molecule has 0 spiro atoms. The zero-order chi connectivity index (χ0) is 25.8. The van der Waals surface area contributed by atoms with Crippen molar-refractivity contribution in [2.75, 3.05) is 20.7 Å².